The standard InChI is InChI=1S/C18H12BrF2NO4/c1-9-12-6-10(19)2-5-15(12)26-17(9)18(24)25-8-16(23)22-14-4-3-11(20)7-13(14)21/h2-7H,8H2,1H3,(H,22,23). The molecule has 1 heterocycles. The van der Waals surface area contributed by atoms with Crippen molar-refractivity contribution in [2.75, 3.05) is 11.9 Å². The predicted molar refractivity (Wildman–Crippen MR) is 93.9 cm³/mol. The van der Waals surface area contributed by atoms with Crippen LogP contribution < -0.4 is 5.32 Å². The Kier molecular flexibility index (Phi) is 5.03. The van der Waals surface area contributed by atoms with Gasteiger partial charge in [0.05, 0.1) is 5.69 Å². The minimum absolute atomic E-state index is 0.0149. The summed E-state index contributed by atoms with van der Waals surface area (Å²) in [4.78, 5) is 24.0. The summed E-state index contributed by atoms with van der Waals surface area (Å²) < 4.78 is 37.6. The van der Waals surface area contributed by atoms with Crippen molar-refractivity contribution in [1.29, 1.82) is 0 Å². The maximum absolute atomic E-state index is 13.5. The highest BCUT2D eigenvalue weighted by molar-refractivity contribution is 9.10. The van der Waals surface area contributed by atoms with Crippen LogP contribution in [0.25, 0.3) is 11.0 Å². The summed E-state index contributed by atoms with van der Waals surface area (Å²) in [5.74, 6) is -3.29. The number of hydrogen-bond acceptors (Lipinski definition) is 4. The molecule has 1 N–H and O–H groups in total. The summed E-state index contributed by atoms with van der Waals surface area (Å²) in [6.07, 6.45) is 0. The first-order valence-electron chi connectivity index (χ1n) is 7.46. The van der Waals surface area contributed by atoms with Crippen LogP contribution in [0.2, 0.25) is 0 Å². The molecule has 0 saturated heterocycles. The van der Waals surface area contributed by atoms with Crippen molar-refractivity contribution in [1.82, 2.24) is 0 Å². The molecule has 0 aliphatic carbocycles. The lowest BCUT2D eigenvalue weighted by Gasteiger charge is -2.07. The second kappa shape index (κ2) is 7.25. The van der Waals surface area contributed by atoms with Gasteiger partial charge in [-0.15, -0.1) is 0 Å². The summed E-state index contributed by atoms with van der Waals surface area (Å²) in [6.45, 7) is 1.05. The van der Waals surface area contributed by atoms with E-state index in [0.29, 0.717) is 17.2 Å². The molecule has 0 fully saturated rings. The fraction of sp³-hybridized carbons (Fsp3) is 0.111. The van der Waals surface area contributed by atoms with Crippen LogP contribution in [-0.4, -0.2) is 18.5 Å². The van der Waals surface area contributed by atoms with Gasteiger partial charge in [0.15, 0.2) is 6.61 Å². The molecule has 0 aliphatic rings. The summed E-state index contributed by atoms with van der Waals surface area (Å²) in [5.41, 5.74) is 0.879. The summed E-state index contributed by atoms with van der Waals surface area (Å²) >= 11 is 3.34. The van der Waals surface area contributed by atoms with E-state index in [1.165, 1.54) is 0 Å². The van der Waals surface area contributed by atoms with E-state index in [2.05, 4.69) is 21.2 Å². The molecule has 26 heavy (non-hydrogen) atoms. The second-order valence-corrected chi connectivity index (χ2v) is 6.36. The molecule has 1 aromatic heterocycles. The van der Waals surface area contributed by atoms with Gasteiger partial charge in [-0.1, -0.05) is 15.9 Å². The number of carbonyl (C=O) groups excluding carboxylic acids is 2. The normalized spacial score (nSPS) is 10.8. The molecule has 3 aromatic rings. The number of carbonyl (C=O) groups is 2. The second-order valence-electron chi connectivity index (χ2n) is 5.45. The van der Waals surface area contributed by atoms with Gasteiger partial charge in [-0.25, -0.2) is 13.6 Å². The molecule has 0 radical (unpaired) electrons. The maximum Gasteiger partial charge on any atom is 0.375 e. The Balaban J connectivity index is 1.67. The lowest BCUT2D eigenvalue weighted by Crippen LogP contribution is -2.21. The van der Waals surface area contributed by atoms with Gasteiger partial charge in [0.25, 0.3) is 5.91 Å². The summed E-state index contributed by atoms with van der Waals surface area (Å²) in [6, 6.07) is 7.98. The van der Waals surface area contributed by atoms with Crippen molar-refractivity contribution in [2.45, 2.75) is 6.92 Å². The van der Waals surface area contributed by atoms with Crippen LogP contribution in [0.1, 0.15) is 16.1 Å². The number of esters is 1. The van der Waals surface area contributed by atoms with Crippen molar-refractivity contribution >= 4 is 44.5 Å². The Morgan fingerprint density at radius 1 is 1.19 bits per heavy atom. The number of furan rings is 1. The van der Waals surface area contributed by atoms with E-state index in [-0.39, 0.29) is 11.4 Å². The van der Waals surface area contributed by atoms with Gasteiger partial charge >= 0.3 is 5.97 Å². The number of anilines is 1. The number of rotatable bonds is 4. The molecule has 2 aromatic carbocycles. The van der Waals surface area contributed by atoms with Gasteiger partial charge < -0.3 is 14.5 Å². The predicted octanol–water partition coefficient (Wildman–Crippen LogP) is 4.58. The highest BCUT2D eigenvalue weighted by atomic mass is 79.9. The largest absolute Gasteiger partial charge is 0.450 e. The number of nitrogens with one attached hydrogen (secondary N) is 1. The zero-order valence-electron chi connectivity index (χ0n) is 13.4. The zero-order chi connectivity index (χ0) is 18.8. The maximum atomic E-state index is 13.5. The minimum Gasteiger partial charge on any atom is -0.450 e. The quantitative estimate of drug-likeness (QED) is 0.623. The first-order valence-corrected chi connectivity index (χ1v) is 8.25. The Bertz CT molecular complexity index is 1020. The number of hydrogen-bond donors (Lipinski definition) is 1. The first-order chi connectivity index (χ1) is 12.3. The third-order valence-electron chi connectivity index (χ3n) is 3.62. The van der Waals surface area contributed by atoms with Crippen molar-refractivity contribution < 1.29 is 27.5 Å². The van der Waals surface area contributed by atoms with Gasteiger partial charge in [-0.05, 0) is 37.3 Å². The average molecular weight is 424 g/mol. The van der Waals surface area contributed by atoms with E-state index in [1.54, 1.807) is 25.1 Å². The van der Waals surface area contributed by atoms with E-state index in [9.17, 15) is 18.4 Å². The van der Waals surface area contributed by atoms with Gasteiger partial charge in [-0.3, -0.25) is 4.79 Å². The van der Waals surface area contributed by atoms with Crippen LogP contribution in [0.3, 0.4) is 0 Å². The third kappa shape index (κ3) is 3.75. The third-order valence-corrected chi connectivity index (χ3v) is 4.12. The number of aryl methyl sites for hydroxylation is 1. The molecule has 8 heteroatoms. The minimum atomic E-state index is -0.927. The summed E-state index contributed by atoms with van der Waals surface area (Å²) in [5, 5.41) is 2.94. The Hall–Kier alpha value is -2.74. The molecule has 3 rings (SSSR count). The van der Waals surface area contributed by atoms with Crippen molar-refractivity contribution in [3.05, 3.63) is 63.8 Å². The molecular weight excluding hydrogens is 412 g/mol. The Morgan fingerprint density at radius 3 is 2.69 bits per heavy atom. The molecule has 1 amide bonds. The molecule has 0 atom stereocenters. The number of halogens is 3. The highest BCUT2D eigenvalue weighted by Gasteiger charge is 2.20. The topological polar surface area (TPSA) is 68.5 Å². The lowest BCUT2D eigenvalue weighted by molar-refractivity contribution is -0.119. The van der Waals surface area contributed by atoms with E-state index in [4.69, 9.17) is 9.15 Å². The highest BCUT2D eigenvalue weighted by Crippen LogP contribution is 2.28. The van der Waals surface area contributed by atoms with E-state index in [0.717, 1.165) is 22.0 Å². The van der Waals surface area contributed by atoms with Crippen LogP contribution >= 0.6 is 15.9 Å². The summed E-state index contributed by atoms with van der Waals surface area (Å²) in [7, 11) is 0. The molecule has 0 bridgehead atoms. The number of ether oxygens (including phenoxy) is 1. The zero-order valence-corrected chi connectivity index (χ0v) is 15.0. The molecule has 134 valence electrons. The fourth-order valence-electron chi connectivity index (χ4n) is 2.36. The average Bonchev–Trinajstić information content (AvgIpc) is 2.92. The van der Waals surface area contributed by atoms with Crippen LogP contribution in [0.15, 0.2) is 45.3 Å². The molecule has 5 nitrogen and oxygen atoms in total. The number of fused-ring (bicyclic) bond motifs is 1. The smallest absolute Gasteiger partial charge is 0.375 e. The van der Waals surface area contributed by atoms with Crippen LogP contribution in [-0.2, 0) is 9.53 Å². The lowest BCUT2D eigenvalue weighted by atomic mass is 10.1. The van der Waals surface area contributed by atoms with Crippen LogP contribution in [0.5, 0.6) is 0 Å². The van der Waals surface area contributed by atoms with E-state index in [1.807, 2.05) is 0 Å². The van der Waals surface area contributed by atoms with Gasteiger partial charge in [0.2, 0.25) is 5.76 Å². The number of benzene rings is 2. The van der Waals surface area contributed by atoms with E-state index < -0.39 is 30.1 Å². The van der Waals surface area contributed by atoms with Crippen molar-refractivity contribution in [2.24, 2.45) is 0 Å². The Morgan fingerprint density at radius 2 is 1.96 bits per heavy atom. The molecule has 0 saturated carbocycles. The molecule has 0 aliphatic heterocycles. The Labute approximate surface area is 155 Å². The van der Waals surface area contributed by atoms with Crippen molar-refractivity contribution in [3.63, 3.8) is 0 Å². The molecule has 0 unspecified atom stereocenters. The van der Waals surface area contributed by atoms with Gasteiger partial charge in [-0.2, -0.15) is 0 Å². The van der Waals surface area contributed by atoms with Gasteiger partial charge in [0.1, 0.15) is 17.2 Å². The molecular formula is C18H12BrF2NO4. The number of amides is 1. The van der Waals surface area contributed by atoms with Crippen LogP contribution in [0.4, 0.5) is 14.5 Å². The SMILES string of the molecule is Cc1c(C(=O)OCC(=O)Nc2ccc(F)cc2F)oc2ccc(Br)cc12. The van der Waals surface area contributed by atoms with E-state index >= 15 is 0 Å². The van der Waals surface area contributed by atoms with Crippen LogP contribution in [0, 0.1) is 18.6 Å². The fourth-order valence-corrected chi connectivity index (χ4v) is 2.72. The molecule has 0 spiro atoms. The first kappa shape index (κ1) is 18.1. The van der Waals surface area contributed by atoms with Crippen molar-refractivity contribution in [3.8, 4) is 0 Å². The van der Waals surface area contributed by atoms with Gasteiger partial charge in [0, 0.05) is 21.5 Å². The monoisotopic (exact) mass is 423 g/mol.